The van der Waals surface area contributed by atoms with Crippen molar-refractivity contribution in [2.24, 2.45) is 0 Å². The Morgan fingerprint density at radius 2 is 1.90 bits per heavy atom. The summed E-state index contributed by atoms with van der Waals surface area (Å²) >= 11 is 10.6. The molecule has 0 aliphatic heterocycles. The Bertz CT molecular complexity index is 726. The van der Waals surface area contributed by atoms with Gasteiger partial charge < -0.3 is 0 Å². The lowest BCUT2D eigenvalue weighted by molar-refractivity contribution is 0.441. The monoisotopic (exact) mass is 405 g/mol. The Hall–Kier alpha value is -0.660. The predicted molar refractivity (Wildman–Crippen MR) is 91.3 cm³/mol. The fraction of sp³-hybridized carbons (Fsp3) is 0.143. The minimum Gasteiger partial charge on any atom is -0.207 e. The molecule has 0 aliphatic carbocycles. The van der Waals surface area contributed by atoms with Crippen LogP contribution in [0.1, 0.15) is 4.88 Å². The van der Waals surface area contributed by atoms with Gasteiger partial charge in [0.2, 0.25) is 10.0 Å². The van der Waals surface area contributed by atoms with Crippen LogP contribution in [-0.4, -0.2) is 19.3 Å². The molecule has 0 bridgehead atoms. The molecule has 0 saturated heterocycles. The van der Waals surface area contributed by atoms with Crippen molar-refractivity contribution in [3.8, 4) is 0 Å². The van der Waals surface area contributed by atoms with Crippen molar-refractivity contribution < 1.29 is 8.42 Å². The summed E-state index contributed by atoms with van der Waals surface area (Å²) in [6.07, 6.45) is 1.58. The van der Waals surface area contributed by atoms with Crippen molar-refractivity contribution in [1.29, 1.82) is 0 Å². The molecule has 1 aromatic carbocycles. The molecule has 21 heavy (non-hydrogen) atoms. The van der Waals surface area contributed by atoms with Crippen LogP contribution in [0.15, 0.2) is 58.4 Å². The average Bonchev–Trinajstić information content (AvgIpc) is 2.84. The highest BCUT2D eigenvalue weighted by Gasteiger charge is 2.24. The van der Waals surface area contributed by atoms with Crippen molar-refractivity contribution in [3.05, 3.63) is 62.7 Å². The van der Waals surface area contributed by atoms with E-state index in [1.807, 2.05) is 6.07 Å². The van der Waals surface area contributed by atoms with Crippen LogP contribution in [0.25, 0.3) is 0 Å². The van der Waals surface area contributed by atoms with Crippen LogP contribution in [0.2, 0.25) is 4.34 Å². The number of thiophene rings is 1. The van der Waals surface area contributed by atoms with Gasteiger partial charge >= 0.3 is 0 Å². The first kappa shape index (κ1) is 16.7. The molecule has 0 atom stereocenters. The first-order chi connectivity index (χ1) is 9.93. The van der Waals surface area contributed by atoms with Gasteiger partial charge in [-0.05, 0) is 36.4 Å². The molecular formula is C14H13BrClNO2S2. The zero-order valence-corrected chi connectivity index (χ0v) is 15.0. The summed E-state index contributed by atoms with van der Waals surface area (Å²) in [4.78, 5) is 1.15. The molecule has 0 unspecified atom stereocenters. The largest absolute Gasteiger partial charge is 0.243 e. The first-order valence-electron chi connectivity index (χ1n) is 6.04. The lowest BCUT2D eigenvalue weighted by Crippen LogP contribution is -2.30. The average molecular weight is 407 g/mol. The normalized spacial score (nSPS) is 11.8. The molecule has 3 nitrogen and oxygen atoms in total. The van der Waals surface area contributed by atoms with Crippen LogP contribution in [0, 0.1) is 0 Å². The third-order valence-corrected chi connectivity index (χ3v) is 6.32. The summed E-state index contributed by atoms with van der Waals surface area (Å²) in [6.45, 7) is 4.16. The predicted octanol–water partition coefficient (Wildman–Crippen LogP) is 4.54. The molecule has 7 heteroatoms. The molecule has 0 amide bonds. The molecule has 0 saturated carbocycles. The summed E-state index contributed by atoms with van der Waals surface area (Å²) in [5.41, 5.74) is 0. The highest BCUT2D eigenvalue weighted by atomic mass is 79.9. The van der Waals surface area contributed by atoms with E-state index in [0.29, 0.717) is 4.34 Å². The van der Waals surface area contributed by atoms with Gasteiger partial charge in [-0.2, -0.15) is 4.31 Å². The minimum absolute atomic E-state index is 0.244. The lowest BCUT2D eigenvalue weighted by Gasteiger charge is -2.20. The van der Waals surface area contributed by atoms with Gasteiger partial charge in [-0.15, -0.1) is 17.9 Å². The number of rotatable bonds is 6. The third kappa shape index (κ3) is 4.17. The van der Waals surface area contributed by atoms with Gasteiger partial charge in [0.05, 0.1) is 9.23 Å². The van der Waals surface area contributed by atoms with Crippen LogP contribution < -0.4 is 0 Å². The number of nitrogens with zero attached hydrogens (tertiary/aromatic N) is 1. The number of hydrogen-bond donors (Lipinski definition) is 0. The summed E-state index contributed by atoms with van der Waals surface area (Å²) in [5, 5.41) is 0. The molecule has 0 N–H and O–H groups in total. The molecule has 0 fully saturated rings. The molecule has 1 heterocycles. The van der Waals surface area contributed by atoms with Crippen LogP contribution in [-0.2, 0) is 16.6 Å². The summed E-state index contributed by atoms with van der Waals surface area (Å²) < 4.78 is 28.2. The van der Waals surface area contributed by atoms with Crippen molar-refractivity contribution in [3.63, 3.8) is 0 Å². The van der Waals surface area contributed by atoms with Crippen molar-refractivity contribution in [2.45, 2.75) is 11.4 Å². The Morgan fingerprint density at radius 3 is 2.43 bits per heavy atom. The van der Waals surface area contributed by atoms with E-state index < -0.39 is 10.0 Å². The van der Waals surface area contributed by atoms with E-state index in [1.165, 1.54) is 15.6 Å². The van der Waals surface area contributed by atoms with Gasteiger partial charge in [0.25, 0.3) is 0 Å². The van der Waals surface area contributed by atoms with Crippen molar-refractivity contribution in [1.82, 2.24) is 4.31 Å². The van der Waals surface area contributed by atoms with E-state index in [0.717, 1.165) is 9.35 Å². The van der Waals surface area contributed by atoms with E-state index in [-0.39, 0.29) is 18.0 Å². The number of hydrogen-bond acceptors (Lipinski definition) is 3. The van der Waals surface area contributed by atoms with Crippen molar-refractivity contribution >= 4 is 48.9 Å². The minimum atomic E-state index is -3.56. The molecular weight excluding hydrogens is 394 g/mol. The smallest absolute Gasteiger partial charge is 0.207 e. The second kappa shape index (κ2) is 7.07. The van der Waals surface area contributed by atoms with Gasteiger partial charge in [-0.25, -0.2) is 8.42 Å². The fourth-order valence-corrected chi connectivity index (χ4v) is 4.60. The van der Waals surface area contributed by atoms with Crippen molar-refractivity contribution in [2.75, 3.05) is 6.54 Å². The summed E-state index contributed by atoms with van der Waals surface area (Å²) in [6, 6.07) is 10.2. The standard InChI is InChI=1S/C14H13BrClNO2S2/c1-2-9-17(10-12-5-8-14(16)20-12)21(18,19)13-6-3-11(15)4-7-13/h2-8H,1,9-10H2. The Morgan fingerprint density at radius 1 is 1.24 bits per heavy atom. The van der Waals surface area contributed by atoms with Gasteiger partial charge in [0, 0.05) is 22.4 Å². The van der Waals surface area contributed by atoms with Crippen LogP contribution in [0.5, 0.6) is 0 Å². The number of sulfonamides is 1. The van der Waals surface area contributed by atoms with Gasteiger partial charge in [0.1, 0.15) is 0 Å². The number of benzene rings is 1. The molecule has 2 aromatic rings. The highest BCUT2D eigenvalue weighted by molar-refractivity contribution is 9.10. The molecule has 0 aliphatic rings. The van der Waals surface area contributed by atoms with E-state index in [2.05, 4.69) is 22.5 Å². The molecule has 0 spiro atoms. The van der Waals surface area contributed by atoms with E-state index in [1.54, 1.807) is 36.4 Å². The van der Waals surface area contributed by atoms with E-state index in [9.17, 15) is 8.42 Å². The quantitative estimate of drug-likeness (QED) is 0.660. The maximum absolute atomic E-state index is 12.7. The Labute approximate surface area is 142 Å². The third-order valence-electron chi connectivity index (χ3n) is 2.75. The molecule has 1 aromatic heterocycles. The zero-order valence-electron chi connectivity index (χ0n) is 11.0. The summed E-state index contributed by atoms with van der Waals surface area (Å²) in [7, 11) is -3.56. The first-order valence-corrected chi connectivity index (χ1v) is 9.47. The SMILES string of the molecule is C=CCN(Cc1ccc(Cl)s1)S(=O)(=O)c1ccc(Br)cc1. The Kier molecular flexibility index (Phi) is 5.62. The van der Waals surface area contributed by atoms with E-state index >= 15 is 0 Å². The van der Waals surface area contributed by atoms with Gasteiger partial charge in [0.15, 0.2) is 0 Å². The molecule has 2 rings (SSSR count). The highest BCUT2D eigenvalue weighted by Crippen LogP contribution is 2.26. The number of halogens is 2. The van der Waals surface area contributed by atoms with Crippen LogP contribution in [0.4, 0.5) is 0 Å². The maximum atomic E-state index is 12.7. The summed E-state index contributed by atoms with van der Waals surface area (Å²) in [5.74, 6) is 0. The maximum Gasteiger partial charge on any atom is 0.243 e. The van der Waals surface area contributed by atoms with Gasteiger partial charge in [-0.3, -0.25) is 0 Å². The van der Waals surface area contributed by atoms with E-state index in [4.69, 9.17) is 11.6 Å². The lowest BCUT2D eigenvalue weighted by atomic mass is 10.4. The fourth-order valence-electron chi connectivity index (χ4n) is 1.76. The van der Waals surface area contributed by atoms with Crippen LogP contribution in [0.3, 0.4) is 0 Å². The molecule has 0 radical (unpaired) electrons. The molecule has 112 valence electrons. The zero-order chi connectivity index (χ0) is 15.5. The second-order valence-electron chi connectivity index (χ2n) is 4.25. The van der Waals surface area contributed by atoms with Crippen LogP contribution >= 0.6 is 38.9 Å². The van der Waals surface area contributed by atoms with Gasteiger partial charge in [-0.1, -0.05) is 33.6 Å². The topological polar surface area (TPSA) is 37.4 Å². The Balaban J connectivity index is 2.31. The second-order valence-corrected chi connectivity index (χ2v) is 8.90.